The first-order chi connectivity index (χ1) is 8.61. The summed E-state index contributed by atoms with van der Waals surface area (Å²) in [4.78, 5) is 15.9. The number of hydrogen-bond donors (Lipinski definition) is 0. The summed E-state index contributed by atoms with van der Waals surface area (Å²) in [5.41, 5.74) is 0.589. The molecule has 2 aromatic rings. The van der Waals surface area contributed by atoms with Gasteiger partial charge in [0.25, 0.3) is 5.56 Å². The molecule has 0 aliphatic carbocycles. The molecular weight excluding hydrogens is 275 g/mol. The van der Waals surface area contributed by atoms with Crippen molar-refractivity contribution in [1.82, 2.24) is 9.55 Å². The van der Waals surface area contributed by atoms with Crippen molar-refractivity contribution in [2.45, 2.75) is 6.54 Å². The quantitative estimate of drug-likeness (QED) is 0.814. The number of hydrogen-bond acceptors (Lipinski definition) is 3. The molecule has 0 aliphatic heterocycles. The van der Waals surface area contributed by atoms with E-state index in [1.54, 1.807) is 12.1 Å². The summed E-state index contributed by atoms with van der Waals surface area (Å²) in [5.74, 6) is 0.161. The minimum absolute atomic E-state index is 0.121. The maximum absolute atomic E-state index is 12.0. The van der Waals surface area contributed by atoms with Gasteiger partial charge in [-0.1, -0.05) is 23.7 Å². The first-order valence-electron chi connectivity index (χ1n) is 5.15. The first-order valence-corrected chi connectivity index (χ1v) is 5.91. The fraction of sp³-hybridized carbons (Fsp3) is 0.167. The zero-order valence-corrected chi connectivity index (χ0v) is 11.1. The van der Waals surface area contributed by atoms with E-state index in [0.717, 1.165) is 5.56 Å². The lowest BCUT2D eigenvalue weighted by molar-refractivity contribution is 0.400. The zero-order chi connectivity index (χ0) is 13.1. The fourth-order valence-electron chi connectivity index (χ4n) is 1.50. The second-order valence-corrected chi connectivity index (χ2v) is 4.39. The van der Waals surface area contributed by atoms with Gasteiger partial charge in [0, 0.05) is 5.02 Å². The van der Waals surface area contributed by atoms with Crippen LogP contribution in [-0.4, -0.2) is 16.7 Å². The van der Waals surface area contributed by atoms with Crippen LogP contribution in [-0.2, 0) is 6.54 Å². The van der Waals surface area contributed by atoms with E-state index in [9.17, 15) is 4.79 Å². The van der Waals surface area contributed by atoms with Crippen molar-refractivity contribution in [2.75, 3.05) is 7.11 Å². The summed E-state index contributed by atoms with van der Waals surface area (Å²) >= 11 is 11.7. The highest BCUT2D eigenvalue weighted by Gasteiger charge is 2.09. The third-order valence-electron chi connectivity index (χ3n) is 2.44. The predicted octanol–water partition coefficient (Wildman–Crippen LogP) is 2.61. The lowest BCUT2D eigenvalue weighted by Gasteiger charge is -2.09. The monoisotopic (exact) mass is 284 g/mol. The molecular formula is C12H10Cl2N2O2. The van der Waals surface area contributed by atoms with E-state index in [1.807, 2.05) is 12.1 Å². The molecule has 1 aromatic carbocycles. The molecule has 4 nitrogen and oxygen atoms in total. The number of aromatic nitrogens is 2. The van der Waals surface area contributed by atoms with Crippen LogP contribution < -0.4 is 10.3 Å². The number of methoxy groups -OCH3 is 1. The van der Waals surface area contributed by atoms with Crippen LogP contribution in [0, 0.1) is 0 Å². The minimum atomic E-state index is -0.313. The van der Waals surface area contributed by atoms with Crippen molar-refractivity contribution in [3.8, 4) is 5.75 Å². The van der Waals surface area contributed by atoms with Gasteiger partial charge in [0.2, 0.25) is 11.0 Å². The number of ether oxygens (including phenoxy) is 1. The van der Waals surface area contributed by atoms with Crippen LogP contribution in [0.15, 0.2) is 35.3 Å². The Kier molecular flexibility index (Phi) is 3.89. The standard InChI is InChI=1S/C12H10Cl2N2O2/c1-18-10-6-15-12(14)16(11(10)17)7-8-2-4-9(13)5-3-8/h2-6H,7H2,1H3. The smallest absolute Gasteiger partial charge is 0.297 e. The Labute approximate surface area is 114 Å². The van der Waals surface area contributed by atoms with Crippen LogP contribution in [0.3, 0.4) is 0 Å². The Hall–Kier alpha value is -1.52. The summed E-state index contributed by atoms with van der Waals surface area (Å²) in [6, 6.07) is 7.15. The zero-order valence-electron chi connectivity index (χ0n) is 9.56. The molecule has 18 heavy (non-hydrogen) atoms. The Morgan fingerprint density at radius 3 is 2.56 bits per heavy atom. The fourth-order valence-corrected chi connectivity index (χ4v) is 1.81. The van der Waals surface area contributed by atoms with Crippen molar-refractivity contribution in [3.63, 3.8) is 0 Å². The van der Waals surface area contributed by atoms with Crippen LogP contribution in [0.2, 0.25) is 10.3 Å². The predicted molar refractivity (Wildman–Crippen MR) is 70.6 cm³/mol. The lowest BCUT2D eigenvalue weighted by atomic mass is 10.2. The van der Waals surface area contributed by atoms with E-state index in [-0.39, 0.29) is 16.6 Å². The molecule has 6 heteroatoms. The molecule has 2 rings (SSSR count). The van der Waals surface area contributed by atoms with Gasteiger partial charge < -0.3 is 4.74 Å². The van der Waals surface area contributed by atoms with E-state index in [4.69, 9.17) is 27.9 Å². The minimum Gasteiger partial charge on any atom is -0.490 e. The molecule has 0 fully saturated rings. The Morgan fingerprint density at radius 1 is 1.28 bits per heavy atom. The summed E-state index contributed by atoms with van der Waals surface area (Å²) in [6.45, 7) is 0.318. The molecule has 1 aromatic heterocycles. The van der Waals surface area contributed by atoms with Crippen LogP contribution in [0.5, 0.6) is 5.75 Å². The number of rotatable bonds is 3. The van der Waals surface area contributed by atoms with E-state index in [1.165, 1.54) is 17.9 Å². The van der Waals surface area contributed by atoms with Gasteiger partial charge >= 0.3 is 0 Å². The molecule has 94 valence electrons. The molecule has 0 atom stereocenters. The summed E-state index contributed by atoms with van der Waals surface area (Å²) in [7, 11) is 1.42. The van der Waals surface area contributed by atoms with Gasteiger partial charge in [-0.3, -0.25) is 9.36 Å². The van der Waals surface area contributed by atoms with Gasteiger partial charge in [-0.05, 0) is 29.3 Å². The molecule has 0 N–H and O–H groups in total. The molecule has 1 heterocycles. The molecule has 0 radical (unpaired) electrons. The van der Waals surface area contributed by atoms with Crippen LogP contribution in [0.1, 0.15) is 5.56 Å². The number of benzene rings is 1. The average molecular weight is 285 g/mol. The van der Waals surface area contributed by atoms with E-state index >= 15 is 0 Å². The van der Waals surface area contributed by atoms with E-state index < -0.39 is 0 Å². The van der Waals surface area contributed by atoms with Crippen LogP contribution >= 0.6 is 23.2 Å². The Balaban J connectivity index is 2.39. The number of halogens is 2. The first kappa shape index (κ1) is 12.9. The largest absolute Gasteiger partial charge is 0.490 e. The van der Waals surface area contributed by atoms with Crippen LogP contribution in [0.25, 0.3) is 0 Å². The molecule has 0 amide bonds. The van der Waals surface area contributed by atoms with Gasteiger partial charge in [-0.15, -0.1) is 0 Å². The SMILES string of the molecule is COc1cnc(Cl)n(Cc2ccc(Cl)cc2)c1=O. The Bertz CT molecular complexity index is 608. The molecule has 0 bridgehead atoms. The molecule has 0 saturated carbocycles. The molecule has 0 saturated heterocycles. The molecule has 0 spiro atoms. The highest BCUT2D eigenvalue weighted by molar-refractivity contribution is 6.30. The second kappa shape index (κ2) is 5.42. The van der Waals surface area contributed by atoms with Gasteiger partial charge in [0.05, 0.1) is 19.9 Å². The molecule has 0 unspecified atom stereocenters. The summed E-state index contributed by atoms with van der Waals surface area (Å²) < 4.78 is 6.26. The summed E-state index contributed by atoms with van der Waals surface area (Å²) in [6.07, 6.45) is 1.31. The topological polar surface area (TPSA) is 44.1 Å². The van der Waals surface area contributed by atoms with Crippen molar-refractivity contribution in [2.24, 2.45) is 0 Å². The van der Waals surface area contributed by atoms with Crippen molar-refractivity contribution >= 4 is 23.2 Å². The maximum Gasteiger partial charge on any atom is 0.297 e. The Morgan fingerprint density at radius 2 is 1.94 bits per heavy atom. The van der Waals surface area contributed by atoms with Gasteiger partial charge in [0.15, 0.2) is 0 Å². The third-order valence-corrected chi connectivity index (χ3v) is 2.99. The number of nitrogens with zero attached hydrogens (tertiary/aromatic N) is 2. The second-order valence-electron chi connectivity index (χ2n) is 3.61. The molecule has 0 aliphatic rings. The average Bonchev–Trinajstić information content (AvgIpc) is 2.37. The normalized spacial score (nSPS) is 10.4. The van der Waals surface area contributed by atoms with Crippen molar-refractivity contribution in [1.29, 1.82) is 0 Å². The van der Waals surface area contributed by atoms with Crippen molar-refractivity contribution in [3.05, 3.63) is 56.7 Å². The summed E-state index contributed by atoms with van der Waals surface area (Å²) in [5, 5.41) is 0.761. The van der Waals surface area contributed by atoms with Gasteiger partial charge in [-0.2, -0.15) is 0 Å². The highest BCUT2D eigenvalue weighted by Crippen LogP contribution is 2.13. The highest BCUT2D eigenvalue weighted by atomic mass is 35.5. The maximum atomic E-state index is 12.0. The van der Waals surface area contributed by atoms with E-state index in [2.05, 4.69) is 4.98 Å². The third kappa shape index (κ3) is 2.66. The van der Waals surface area contributed by atoms with E-state index in [0.29, 0.717) is 11.6 Å². The lowest BCUT2D eigenvalue weighted by Crippen LogP contribution is -2.23. The van der Waals surface area contributed by atoms with Crippen LogP contribution in [0.4, 0.5) is 0 Å². The van der Waals surface area contributed by atoms with Crippen molar-refractivity contribution < 1.29 is 4.74 Å². The van der Waals surface area contributed by atoms with Gasteiger partial charge in [0.1, 0.15) is 0 Å². The van der Waals surface area contributed by atoms with Gasteiger partial charge in [-0.25, -0.2) is 4.98 Å².